The van der Waals surface area contributed by atoms with E-state index >= 15 is 0 Å². The van der Waals surface area contributed by atoms with Crippen molar-refractivity contribution in [2.45, 2.75) is 39.7 Å². The molecule has 3 heteroatoms. The van der Waals surface area contributed by atoms with E-state index in [4.69, 9.17) is 10.5 Å². The molecule has 1 rings (SSSR count). The number of esters is 1. The van der Waals surface area contributed by atoms with Crippen LogP contribution in [0.3, 0.4) is 0 Å². The van der Waals surface area contributed by atoms with Crippen LogP contribution in [-0.2, 0) is 9.53 Å². The topological polar surface area (TPSA) is 52.3 Å². The molecule has 0 aliphatic heterocycles. The van der Waals surface area contributed by atoms with Crippen molar-refractivity contribution in [1.29, 1.82) is 0 Å². The van der Waals surface area contributed by atoms with Crippen LogP contribution in [0.4, 0.5) is 0 Å². The Hall–Kier alpha value is -1.35. The van der Waals surface area contributed by atoms with Gasteiger partial charge >= 0.3 is 5.97 Å². The van der Waals surface area contributed by atoms with Gasteiger partial charge in [-0.3, -0.25) is 4.79 Å². The van der Waals surface area contributed by atoms with Crippen LogP contribution in [0.2, 0.25) is 0 Å². The summed E-state index contributed by atoms with van der Waals surface area (Å²) in [5.74, 6) is -0.150. The van der Waals surface area contributed by atoms with Crippen LogP contribution in [0.5, 0.6) is 0 Å². The summed E-state index contributed by atoms with van der Waals surface area (Å²) in [7, 11) is 0. The number of ether oxygens (including phenoxy) is 1. The molecule has 0 heterocycles. The molecule has 2 N–H and O–H groups in total. The lowest BCUT2D eigenvalue weighted by atomic mass is 9.81. The highest BCUT2D eigenvalue weighted by Gasteiger charge is 2.26. The number of hydrogen-bond donors (Lipinski definition) is 1. The van der Waals surface area contributed by atoms with Crippen LogP contribution in [0.15, 0.2) is 30.3 Å². The molecule has 0 aliphatic carbocycles. The predicted octanol–water partition coefficient (Wildman–Crippen LogP) is 3.06. The molecular formula is C15H23NO2. The Balaban J connectivity index is 2.57. The molecule has 100 valence electrons. The van der Waals surface area contributed by atoms with Gasteiger partial charge in [-0.2, -0.15) is 0 Å². The normalized spacial score (nSPS) is 13.1. The number of carbonyl (C=O) groups is 1. The van der Waals surface area contributed by atoms with Crippen LogP contribution in [0, 0.1) is 5.41 Å². The zero-order chi connectivity index (χ0) is 13.6. The zero-order valence-electron chi connectivity index (χ0n) is 11.5. The van der Waals surface area contributed by atoms with Crippen molar-refractivity contribution in [3.05, 3.63) is 35.9 Å². The minimum atomic E-state index is -0.151. The van der Waals surface area contributed by atoms with E-state index in [1.807, 2.05) is 51.1 Å². The summed E-state index contributed by atoms with van der Waals surface area (Å²) < 4.78 is 4.99. The monoisotopic (exact) mass is 249 g/mol. The Morgan fingerprint density at radius 1 is 1.33 bits per heavy atom. The minimum Gasteiger partial charge on any atom is -0.466 e. The van der Waals surface area contributed by atoms with Crippen molar-refractivity contribution < 1.29 is 9.53 Å². The summed E-state index contributed by atoms with van der Waals surface area (Å²) in [4.78, 5) is 11.5. The summed E-state index contributed by atoms with van der Waals surface area (Å²) in [5.41, 5.74) is 7.13. The molecule has 0 bridgehead atoms. The van der Waals surface area contributed by atoms with E-state index in [1.54, 1.807) is 0 Å². The third-order valence-electron chi connectivity index (χ3n) is 2.93. The van der Waals surface area contributed by atoms with Gasteiger partial charge in [-0.25, -0.2) is 0 Å². The lowest BCUT2D eigenvalue weighted by molar-refractivity contribution is -0.145. The maximum Gasteiger partial charge on any atom is 0.306 e. The molecule has 1 unspecified atom stereocenters. The molecule has 0 fully saturated rings. The molecule has 1 atom stereocenters. The van der Waals surface area contributed by atoms with Crippen molar-refractivity contribution in [2.75, 3.05) is 6.61 Å². The summed E-state index contributed by atoms with van der Waals surface area (Å²) >= 11 is 0. The first kappa shape index (κ1) is 14.7. The Labute approximate surface area is 109 Å². The molecule has 0 aliphatic rings. The lowest BCUT2D eigenvalue weighted by Gasteiger charge is -2.27. The summed E-state index contributed by atoms with van der Waals surface area (Å²) in [6.07, 6.45) is 1.16. The number of benzene rings is 1. The van der Waals surface area contributed by atoms with Crippen LogP contribution < -0.4 is 5.73 Å². The molecule has 0 aromatic heterocycles. The summed E-state index contributed by atoms with van der Waals surface area (Å²) in [5, 5.41) is 0. The number of hydrogen-bond acceptors (Lipinski definition) is 3. The van der Waals surface area contributed by atoms with E-state index in [-0.39, 0.29) is 17.4 Å². The van der Waals surface area contributed by atoms with Gasteiger partial charge in [-0.05, 0) is 24.3 Å². The fourth-order valence-electron chi connectivity index (χ4n) is 2.09. The smallest absolute Gasteiger partial charge is 0.306 e. The van der Waals surface area contributed by atoms with Crippen LogP contribution in [-0.4, -0.2) is 12.6 Å². The second kappa shape index (κ2) is 6.55. The van der Waals surface area contributed by atoms with E-state index < -0.39 is 0 Å². The van der Waals surface area contributed by atoms with Crippen molar-refractivity contribution in [1.82, 2.24) is 0 Å². The highest BCUT2D eigenvalue weighted by molar-refractivity contribution is 5.70. The SMILES string of the molecule is CCOC(=O)CC(C)(C)CC(N)c1ccccc1. The van der Waals surface area contributed by atoms with E-state index in [2.05, 4.69) is 0 Å². The highest BCUT2D eigenvalue weighted by Crippen LogP contribution is 2.31. The maximum absolute atomic E-state index is 11.5. The maximum atomic E-state index is 11.5. The van der Waals surface area contributed by atoms with E-state index in [0.29, 0.717) is 13.0 Å². The molecule has 18 heavy (non-hydrogen) atoms. The standard InChI is InChI=1S/C15H23NO2/c1-4-18-14(17)11-15(2,3)10-13(16)12-8-6-5-7-9-12/h5-9,13H,4,10-11,16H2,1-3H3. The Bertz CT molecular complexity index is 373. The van der Waals surface area contributed by atoms with Crippen molar-refractivity contribution in [2.24, 2.45) is 11.1 Å². The van der Waals surface area contributed by atoms with Gasteiger partial charge in [0.25, 0.3) is 0 Å². The molecule has 1 aromatic rings. The zero-order valence-corrected chi connectivity index (χ0v) is 11.5. The highest BCUT2D eigenvalue weighted by atomic mass is 16.5. The van der Waals surface area contributed by atoms with E-state index in [1.165, 1.54) is 0 Å². The van der Waals surface area contributed by atoms with Crippen molar-refractivity contribution >= 4 is 5.97 Å². The van der Waals surface area contributed by atoms with Crippen molar-refractivity contribution in [3.63, 3.8) is 0 Å². The van der Waals surface area contributed by atoms with Gasteiger partial charge in [-0.15, -0.1) is 0 Å². The molecular weight excluding hydrogens is 226 g/mol. The Morgan fingerprint density at radius 2 is 1.94 bits per heavy atom. The molecule has 1 aromatic carbocycles. The predicted molar refractivity (Wildman–Crippen MR) is 73.0 cm³/mol. The minimum absolute atomic E-state index is 0.0457. The lowest BCUT2D eigenvalue weighted by Crippen LogP contribution is -2.25. The Kier molecular flexibility index (Phi) is 5.35. The fourth-order valence-corrected chi connectivity index (χ4v) is 2.09. The molecule has 0 saturated carbocycles. The van der Waals surface area contributed by atoms with Gasteiger partial charge < -0.3 is 10.5 Å². The Morgan fingerprint density at radius 3 is 2.50 bits per heavy atom. The van der Waals surface area contributed by atoms with Gasteiger partial charge in [0.05, 0.1) is 13.0 Å². The van der Waals surface area contributed by atoms with Crippen LogP contribution in [0.1, 0.15) is 45.2 Å². The molecule has 0 amide bonds. The summed E-state index contributed by atoms with van der Waals surface area (Å²) in [6.45, 7) is 6.35. The largest absolute Gasteiger partial charge is 0.466 e. The average molecular weight is 249 g/mol. The first-order chi connectivity index (χ1) is 8.44. The molecule has 0 radical (unpaired) electrons. The van der Waals surface area contributed by atoms with E-state index in [0.717, 1.165) is 12.0 Å². The number of nitrogens with two attached hydrogens (primary N) is 1. The first-order valence-electron chi connectivity index (χ1n) is 6.41. The van der Waals surface area contributed by atoms with E-state index in [9.17, 15) is 4.79 Å². The quantitative estimate of drug-likeness (QED) is 0.788. The van der Waals surface area contributed by atoms with Crippen LogP contribution >= 0.6 is 0 Å². The second-order valence-electron chi connectivity index (χ2n) is 5.37. The second-order valence-corrected chi connectivity index (χ2v) is 5.37. The first-order valence-corrected chi connectivity index (χ1v) is 6.41. The van der Waals surface area contributed by atoms with Gasteiger partial charge in [-0.1, -0.05) is 44.2 Å². The van der Waals surface area contributed by atoms with Gasteiger partial charge in [0, 0.05) is 6.04 Å². The average Bonchev–Trinajstić information content (AvgIpc) is 2.29. The number of carbonyl (C=O) groups excluding carboxylic acids is 1. The number of rotatable bonds is 6. The fraction of sp³-hybridized carbons (Fsp3) is 0.533. The molecule has 0 saturated heterocycles. The summed E-state index contributed by atoms with van der Waals surface area (Å²) in [6, 6.07) is 9.92. The van der Waals surface area contributed by atoms with Gasteiger partial charge in [0.2, 0.25) is 0 Å². The van der Waals surface area contributed by atoms with Gasteiger partial charge in [0.15, 0.2) is 0 Å². The van der Waals surface area contributed by atoms with Crippen LogP contribution in [0.25, 0.3) is 0 Å². The molecule has 0 spiro atoms. The van der Waals surface area contributed by atoms with Gasteiger partial charge in [0.1, 0.15) is 0 Å². The third-order valence-corrected chi connectivity index (χ3v) is 2.93. The van der Waals surface area contributed by atoms with Crippen molar-refractivity contribution in [3.8, 4) is 0 Å². The molecule has 3 nitrogen and oxygen atoms in total. The third kappa shape index (κ3) is 4.88.